The van der Waals surface area contributed by atoms with Crippen molar-refractivity contribution in [3.63, 3.8) is 0 Å². The molecule has 0 bridgehead atoms. The van der Waals surface area contributed by atoms with Crippen LogP contribution in [0.5, 0.6) is 0 Å². The first kappa shape index (κ1) is 26.4. The number of aliphatic hydroxyl groups is 1. The lowest BCUT2D eigenvalue weighted by molar-refractivity contribution is 0.0958. The second kappa shape index (κ2) is 13.0. The van der Waals surface area contributed by atoms with Crippen molar-refractivity contribution in [3.05, 3.63) is 82.1 Å². The standard InChI is InChI=1S/C23H21ClN6O3S/c1-3-15(4-5-19(27)33-9-8-31)20-16(11-25)21(24)30-23(17(20)12-26)34-13-14-6-7-29-18(10-14)22(32)28-2/h3-7,10,31H,1,8-9,13,27H2,2H3,(H,28,32)/b15-4+,19-5+. The highest BCUT2D eigenvalue weighted by Crippen LogP contribution is 2.35. The molecular weight excluding hydrogens is 476 g/mol. The molecule has 4 N–H and O–H groups in total. The van der Waals surface area contributed by atoms with Crippen molar-refractivity contribution >= 4 is 34.8 Å². The molecule has 1 amide bonds. The number of rotatable bonds is 10. The number of pyridine rings is 2. The number of ether oxygens (including phenoxy) is 1. The van der Waals surface area contributed by atoms with E-state index in [1.165, 1.54) is 43.2 Å². The number of carbonyl (C=O) groups is 1. The maximum Gasteiger partial charge on any atom is 0.269 e. The first-order valence-electron chi connectivity index (χ1n) is 9.77. The molecule has 0 atom stereocenters. The largest absolute Gasteiger partial charge is 0.477 e. The molecule has 2 heterocycles. The van der Waals surface area contributed by atoms with Crippen molar-refractivity contribution in [1.29, 1.82) is 10.5 Å². The van der Waals surface area contributed by atoms with E-state index < -0.39 is 0 Å². The molecule has 0 aliphatic heterocycles. The maximum absolute atomic E-state index is 11.8. The molecule has 0 saturated carbocycles. The van der Waals surface area contributed by atoms with Gasteiger partial charge in [0.15, 0.2) is 5.88 Å². The van der Waals surface area contributed by atoms with Gasteiger partial charge in [-0.3, -0.25) is 9.78 Å². The van der Waals surface area contributed by atoms with Gasteiger partial charge in [-0.15, -0.1) is 11.8 Å². The van der Waals surface area contributed by atoms with Crippen molar-refractivity contribution in [1.82, 2.24) is 15.3 Å². The number of halogens is 1. The molecule has 0 unspecified atom stereocenters. The predicted octanol–water partition coefficient (Wildman–Crippen LogP) is 2.90. The number of carbonyl (C=O) groups excluding carboxylic acids is 1. The third-order valence-electron chi connectivity index (χ3n) is 4.30. The topological polar surface area (TPSA) is 158 Å². The molecule has 174 valence electrons. The van der Waals surface area contributed by atoms with Gasteiger partial charge in [-0.1, -0.05) is 24.3 Å². The fourth-order valence-electron chi connectivity index (χ4n) is 2.74. The Labute approximate surface area is 206 Å². The minimum absolute atomic E-state index is 0.0165. The van der Waals surface area contributed by atoms with Gasteiger partial charge in [0, 0.05) is 24.6 Å². The van der Waals surface area contributed by atoms with Gasteiger partial charge >= 0.3 is 0 Å². The fraction of sp³-hybridized carbons (Fsp3) is 0.174. The molecule has 2 aromatic rings. The number of amides is 1. The number of hydrogen-bond acceptors (Lipinski definition) is 9. The minimum Gasteiger partial charge on any atom is -0.477 e. The van der Waals surface area contributed by atoms with E-state index in [0.717, 1.165) is 5.56 Å². The van der Waals surface area contributed by atoms with Crippen molar-refractivity contribution in [3.8, 4) is 12.1 Å². The third-order valence-corrected chi connectivity index (χ3v) is 5.62. The summed E-state index contributed by atoms with van der Waals surface area (Å²) in [6.45, 7) is 3.58. The van der Waals surface area contributed by atoms with Gasteiger partial charge in [-0.25, -0.2) is 4.98 Å². The number of allylic oxidation sites excluding steroid dienone is 4. The van der Waals surface area contributed by atoms with E-state index in [-0.39, 0.29) is 52.5 Å². The Kier molecular flexibility index (Phi) is 10.1. The van der Waals surface area contributed by atoms with E-state index in [1.54, 1.807) is 12.1 Å². The molecule has 2 rings (SSSR count). The van der Waals surface area contributed by atoms with Crippen molar-refractivity contribution < 1.29 is 14.6 Å². The number of hydrogen-bond donors (Lipinski definition) is 3. The number of nitrogens with two attached hydrogens (primary N) is 1. The van der Waals surface area contributed by atoms with Gasteiger partial charge in [-0.05, 0) is 35.4 Å². The molecule has 0 radical (unpaired) electrons. The van der Waals surface area contributed by atoms with E-state index in [2.05, 4.69) is 27.9 Å². The molecule has 0 fully saturated rings. The highest BCUT2D eigenvalue weighted by Gasteiger charge is 2.21. The number of thioether (sulfide) groups is 1. The van der Waals surface area contributed by atoms with Gasteiger partial charge in [0.05, 0.1) is 17.7 Å². The summed E-state index contributed by atoms with van der Waals surface area (Å²) < 4.78 is 5.11. The molecule has 0 aliphatic rings. The van der Waals surface area contributed by atoms with Crippen LogP contribution in [0.2, 0.25) is 5.15 Å². The van der Waals surface area contributed by atoms with Gasteiger partial charge < -0.3 is 20.9 Å². The zero-order chi connectivity index (χ0) is 25.1. The fourth-order valence-corrected chi connectivity index (χ4v) is 3.94. The van der Waals surface area contributed by atoms with Crippen LogP contribution >= 0.6 is 23.4 Å². The van der Waals surface area contributed by atoms with Crippen LogP contribution in [0.3, 0.4) is 0 Å². The summed E-state index contributed by atoms with van der Waals surface area (Å²) in [4.78, 5) is 20.1. The number of aromatic nitrogens is 2. The molecule has 0 aliphatic carbocycles. The summed E-state index contributed by atoms with van der Waals surface area (Å²) in [7, 11) is 1.51. The summed E-state index contributed by atoms with van der Waals surface area (Å²) in [5.41, 5.74) is 7.60. The second-order valence-electron chi connectivity index (χ2n) is 6.44. The molecule has 0 aromatic carbocycles. The maximum atomic E-state index is 11.8. The predicted molar refractivity (Wildman–Crippen MR) is 129 cm³/mol. The van der Waals surface area contributed by atoms with Crippen molar-refractivity contribution in [2.75, 3.05) is 20.3 Å². The Morgan fingerprint density at radius 2 is 2.12 bits per heavy atom. The smallest absolute Gasteiger partial charge is 0.269 e. The second-order valence-corrected chi connectivity index (χ2v) is 7.76. The number of aliphatic hydroxyl groups excluding tert-OH is 1. The van der Waals surface area contributed by atoms with E-state index in [0.29, 0.717) is 16.4 Å². The van der Waals surface area contributed by atoms with Crippen LogP contribution in [-0.4, -0.2) is 41.2 Å². The minimum atomic E-state index is -0.317. The van der Waals surface area contributed by atoms with Gasteiger partial charge in [0.1, 0.15) is 34.6 Å². The highest BCUT2D eigenvalue weighted by molar-refractivity contribution is 7.98. The van der Waals surface area contributed by atoms with E-state index in [9.17, 15) is 15.3 Å². The molecule has 0 saturated heterocycles. The lowest BCUT2D eigenvalue weighted by atomic mass is 9.97. The molecular formula is C23H21ClN6O3S. The summed E-state index contributed by atoms with van der Waals surface area (Å²) in [5, 5.41) is 31.2. The quantitative estimate of drug-likeness (QED) is 0.194. The SMILES string of the molecule is C=C/C(=C\C=C(/N)OCCO)c1c(C#N)c(Cl)nc(SCc2ccnc(C(=O)NC)c2)c1C#N. The Bertz CT molecular complexity index is 1230. The average molecular weight is 497 g/mol. The van der Waals surface area contributed by atoms with Crippen molar-refractivity contribution in [2.24, 2.45) is 5.73 Å². The normalized spacial score (nSPS) is 11.3. The molecule has 34 heavy (non-hydrogen) atoms. The Balaban J connectivity index is 2.51. The zero-order valence-electron chi connectivity index (χ0n) is 18.2. The first-order valence-corrected chi connectivity index (χ1v) is 11.1. The van der Waals surface area contributed by atoms with Crippen LogP contribution in [0.1, 0.15) is 32.7 Å². The van der Waals surface area contributed by atoms with E-state index in [1.807, 2.05) is 6.07 Å². The number of nitriles is 2. The Hall–Kier alpha value is -3.83. The average Bonchev–Trinajstić information content (AvgIpc) is 2.86. The van der Waals surface area contributed by atoms with Gasteiger partial charge in [-0.2, -0.15) is 10.5 Å². The summed E-state index contributed by atoms with van der Waals surface area (Å²) in [6, 6.07) is 7.47. The van der Waals surface area contributed by atoms with Gasteiger partial charge in [0.25, 0.3) is 5.91 Å². The molecule has 2 aromatic heterocycles. The lowest BCUT2D eigenvalue weighted by Crippen LogP contribution is -2.19. The molecule has 9 nitrogen and oxygen atoms in total. The van der Waals surface area contributed by atoms with Gasteiger partial charge in [0.2, 0.25) is 0 Å². The summed E-state index contributed by atoms with van der Waals surface area (Å²) in [6.07, 6.45) is 5.92. The highest BCUT2D eigenvalue weighted by atomic mass is 35.5. The third kappa shape index (κ3) is 6.59. The monoisotopic (exact) mass is 496 g/mol. The van der Waals surface area contributed by atoms with Crippen molar-refractivity contribution in [2.45, 2.75) is 10.8 Å². The molecule has 0 spiro atoms. The van der Waals surface area contributed by atoms with E-state index >= 15 is 0 Å². The van der Waals surface area contributed by atoms with E-state index in [4.69, 9.17) is 27.2 Å². The lowest BCUT2D eigenvalue weighted by Gasteiger charge is -2.13. The van der Waals surface area contributed by atoms with Crippen LogP contribution in [-0.2, 0) is 10.5 Å². The Morgan fingerprint density at radius 1 is 1.38 bits per heavy atom. The summed E-state index contributed by atoms with van der Waals surface area (Å²) in [5.74, 6) is 0.0809. The van der Waals surface area contributed by atoms with Crippen LogP contribution in [0.25, 0.3) is 5.57 Å². The van der Waals surface area contributed by atoms with Crippen LogP contribution in [0.15, 0.2) is 54.0 Å². The van der Waals surface area contributed by atoms with Crippen LogP contribution in [0, 0.1) is 22.7 Å². The Morgan fingerprint density at radius 3 is 2.74 bits per heavy atom. The van der Waals surface area contributed by atoms with Crippen LogP contribution in [0.4, 0.5) is 0 Å². The zero-order valence-corrected chi connectivity index (χ0v) is 19.8. The molecule has 11 heteroatoms. The first-order chi connectivity index (χ1) is 16.4. The number of nitrogens with one attached hydrogen (secondary N) is 1. The number of nitrogens with zero attached hydrogens (tertiary/aromatic N) is 4. The summed E-state index contributed by atoms with van der Waals surface area (Å²) >= 11 is 7.51. The van der Waals surface area contributed by atoms with Crippen LogP contribution < -0.4 is 11.1 Å².